The monoisotopic (exact) mass is 313 g/mol. The molecule has 2 aromatic rings. The van der Waals surface area contributed by atoms with E-state index in [2.05, 4.69) is 36.4 Å². The highest BCUT2D eigenvalue weighted by Crippen LogP contribution is 2.13. The van der Waals surface area contributed by atoms with Crippen LogP contribution in [0.2, 0.25) is 0 Å². The number of aromatic amines is 2. The Labute approximate surface area is 111 Å². The van der Waals surface area contributed by atoms with Gasteiger partial charge in [-0.15, -0.1) is 0 Å². The first-order valence-corrected chi connectivity index (χ1v) is 6.09. The number of hydrogen-bond acceptors (Lipinski definition) is 3. The summed E-state index contributed by atoms with van der Waals surface area (Å²) in [5, 5.41) is 8.77. The molecule has 2 aromatic heterocycles. The maximum atomic E-state index is 11.8. The number of H-pyrrole nitrogens is 2. The lowest BCUT2D eigenvalue weighted by Crippen LogP contribution is -2.27. The molecule has 0 aliphatic rings. The lowest BCUT2D eigenvalue weighted by molar-refractivity contribution is 0.0946. The van der Waals surface area contributed by atoms with Crippen molar-refractivity contribution in [1.82, 2.24) is 25.1 Å². The molecule has 0 aromatic carbocycles. The van der Waals surface area contributed by atoms with E-state index >= 15 is 0 Å². The van der Waals surface area contributed by atoms with E-state index in [0.717, 1.165) is 4.47 Å². The summed E-state index contributed by atoms with van der Waals surface area (Å²) in [6.07, 6.45) is 2.27. The maximum Gasteiger partial charge on any atom is 0.340 e. The van der Waals surface area contributed by atoms with E-state index in [9.17, 15) is 9.59 Å². The Bertz CT molecular complexity index is 612. The first kappa shape index (κ1) is 12.6. The van der Waals surface area contributed by atoms with Crippen LogP contribution in [0.25, 0.3) is 0 Å². The van der Waals surface area contributed by atoms with Crippen molar-refractivity contribution in [2.45, 2.75) is 6.42 Å². The van der Waals surface area contributed by atoms with Gasteiger partial charge in [-0.2, -0.15) is 5.10 Å². The van der Waals surface area contributed by atoms with Gasteiger partial charge in [0, 0.05) is 30.7 Å². The number of rotatable bonds is 4. The average molecular weight is 314 g/mol. The molecule has 3 N–H and O–H groups in total. The molecule has 0 radical (unpaired) electrons. The van der Waals surface area contributed by atoms with Crippen LogP contribution in [0.5, 0.6) is 0 Å². The highest BCUT2D eigenvalue weighted by molar-refractivity contribution is 9.10. The minimum atomic E-state index is -0.345. The molecule has 0 saturated carbocycles. The molecule has 1 amide bonds. The van der Waals surface area contributed by atoms with E-state index in [1.54, 1.807) is 23.9 Å². The van der Waals surface area contributed by atoms with Crippen LogP contribution in [0.4, 0.5) is 0 Å². The van der Waals surface area contributed by atoms with Gasteiger partial charge in [-0.3, -0.25) is 9.78 Å². The molecule has 2 heterocycles. The SMILES string of the molecule is Cn1cc(Br)cc1C(=O)NCCc1n[nH]c(=O)[nH]1. The normalized spacial score (nSPS) is 10.6. The smallest absolute Gasteiger partial charge is 0.340 e. The molecule has 0 aliphatic heterocycles. The van der Waals surface area contributed by atoms with E-state index in [4.69, 9.17) is 0 Å². The minimum absolute atomic E-state index is 0.166. The summed E-state index contributed by atoms with van der Waals surface area (Å²) in [6.45, 7) is 0.405. The number of hydrogen-bond donors (Lipinski definition) is 3. The molecular formula is C10H12BrN5O2. The lowest BCUT2D eigenvalue weighted by Gasteiger charge is -2.04. The van der Waals surface area contributed by atoms with Crippen molar-refractivity contribution >= 4 is 21.8 Å². The largest absolute Gasteiger partial charge is 0.350 e. The van der Waals surface area contributed by atoms with Crippen molar-refractivity contribution < 1.29 is 4.79 Å². The molecule has 18 heavy (non-hydrogen) atoms. The quantitative estimate of drug-likeness (QED) is 0.751. The van der Waals surface area contributed by atoms with E-state index in [1.165, 1.54) is 0 Å². The van der Waals surface area contributed by atoms with Crippen LogP contribution in [0.1, 0.15) is 16.3 Å². The van der Waals surface area contributed by atoms with Gasteiger partial charge in [-0.25, -0.2) is 9.89 Å². The number of aromatic nitrogens is 4. The summed E-state index contributed by atoms with van der Waals surface area (Å²) >= 11 is 3.30. The Morgan fingerprint density at radius 1 is 1.61 bits per heavy atom. The summed E-state index contributed by atoms with van der Waals surface area (Å²) in [5.41, 5.74) is 0.222. The van der Waals surface area contributed by atoms with E-state index in [1.807, 2.05) is 0 Å². The van der Waals surface area contributed by atoms with Crippen LogP contribution in [0.3, 0.4) is 0 Å². The third kappa shape index (κ3) is 2.89. The second-order valence-corrected chi connectivity index (χ2v) is 4.70. The number of halogens is 1. The van der Waals surface area contributed by atoms with Crippen molar-refractivity contribution in [3.63, 3.8) is 0 Å². The van der Waals surface area contributed by atoms with Gasteiger partial charge in [-0.1, -0.05) is 0 Å². The van der Waals surface area contributed by atoms with Crippen LogP contribution < -0.4 is 11.0 Å². The third-order valence-corrected chi connectivity index (χ3v) is 2.84. The first-order valence-electron chi connectivity index (χ1n) is 5.30. The minimum Gasteiger partial charge on any atom is -0.350 e. The summed E-state index contributed by atoms with van der Waals surface area (Å²) in [7, 11) is 1.80. The number of carbonyl (C=O) groups is 1. The fourth-order valence-corrected chi connectivity index (χ4v) is 2.08. The van der Waals surface area contributed by atoms with E-state index < -0.39 is 0 Å². The molecule has 0 spiro atoms. The lowest BCUT2D eigenvalue weighted by atomic mass is 10.3. The molecule has 2 rings (SSSR count). The zero-order valence-electron chi connectivity index (χ0n) is 9.66. The predicted molar refractivity (Wildman–Crippen MR) is 68.4 cm³/mol. The highest BCUT2D eigenvalue weighted by Gasteiger charge is 2.10. The predicted octanol–water partition coefficient (Wildman–Crippen LogP) is 0.172. The van der Waals surface area contributed by atoms with E-state index in [0.29, 0.717) is 24.5 Å². The van der Waals surface area contributed by atoms with Gasteiger partial charge in [0.05, 0.1) is 0 Å². The van der Waals surface area contributed by atoms with Crippen molar-refractivity contribution in [2.75, 3.05) is 6.54 Å². The number of carbonyl (C=O) groups excluding carboxylic acids is 1. The number of nitrogens with zero attached hydrogens (tertiary/aromatic N) is 2. The van der Waals surface area contributed by atoms with Crippen molar-refractivity contribution in [1.29, 1.82) is 0 Å². The van der Waals surface area contributed by atoms with Crippen molar-refractivity contribution in [3.05, 3.63) is 38.7 Å². The fraction of sp³-hybridized carbons (Fsp3) is 0.300. The molecule has 0 aliphatic carbocycles. The first-order chi connectivity index (χ1) is 8.56. The molecule has 96 valence electrons. The molecule has 0 saturated heterocycles. The van der Waals surface area contributed by atoms with Gasteiger partial charge < -0.3 is 9.88 Å². The topological polar surface area (TPSA) is 95.6 Å². The standard InChI is InChI=1S/C10H12BrN5O2/c1-16-5-6(11)4-7(16)9(17)12-3-2-8-13-10(18)15-14-8/h4-5H,2-3H2,1H3,(H,12,17)(H2,13,14,15,18). The maximum absolute atomic E-state index is 11.8. The van der Waals surface area contributed by atoms with Crippen LogP contribution >= 0.6 is 15.9 Å². The Balaban J connectivity index is 1.89. The second-order valence-electron chi connectivity index (χ2n) is 3.78. The summed E-state index contributed by atoms with van der Waals surface area (Å²) in [5.74, 6) is 0.356. The van der Waals surface area contributed by atoms with E-state index in [-0.39, 0.29) is 11.6 Å². The zero-order valence-corrected chi connectivity index (χ0v) is 11.2. The fourth-order valence-electron chi connectivity index (χ4n) is 1.56. The van der Waals surface area contributed by atoms with Gasteiger partial charge in [0.25, 0.3) is 5.91 Å². The molecule has 8 heteroatoms. The molecular weight excluding hydrogens is 302 g/mol. The number of aryl methyl sites for hydroxylation is 1. The van der Waals surface area contributed by atoms with Crippen LogP contribution in [-0.2, 0) is 13.5 Å². The third-order valence-electron chi connectivity index (χ3n) is 2.40. The van der Waals surface area contributed by atoms with Crippen molar-refractivity contribution in [3.8, 4) is 0 Å². The number of amides is 1. The van der Waals surface area contributed by atoms with Crippen LogP contribution in [0, 0.1) is 0 Å². The summed E-state index contributed by atoms with van der Waals surface area (Å²) in [4.78, 5) is 25.1. The van der Waals surface area contributed by atoms with Crippen LogP contribution in [0.15, 0.2) is 21.5 Å². The Hall–Kier alpha value is -1.83. The average Bonchev–Trinajstić information content (AvgIpc) is 2.85. The van der Waals surface area contributed by atoms with Crippen LogP contribution in [-0.4, -0.2) is 32.2 Å². The molecule has 0 bridgehead atoms. The number of nitrogens with one attached hydrogen (secondary N) is 3. The van der Waals surface area contributed by atoms with Gasteiger partial charge in [0.15, 0.2) is 0 Å². The zero-order chi connectivity index (χ0) is 13.1. The molecule has 0 unspecified atom stereocenters. The molecule has 7 nitrogen and oxygen atoms in total. The van der Waals surface area contributed by atoms with Gasteiger partial charge in [-0.05, 0) is 22.0 Å². The summed E-state index contributed by atoms with van der Waals surface area (Å²) in [6, 6.07) is 1.74. The highest BCUT2D eigenvalue weighted by atomic mass is 79.9. The Kier molecular flexibility index (Phi) is 3.66. The Morgan fingerprint density at radius 2 is 2.39 bits per heavy atom. The Morgan fingerprint density at radius 3 is 2.94 bits per heavy atom. The van der Waals surface area contributed by atoms with Gasteiger partial charge >= 0.3 is 5.69 Å². The second kappa shape index (κ2) is 5.21. The summed E-state index contributed by atoms with van der Waals surface area (Å²) < 4.78 is 2.59. The van der Waals surface area contributed by atoms with Gasteiger partial charge in [0.2, 0.25) is 0 Å². The van der Waals surface area contributed by atoms with Gasteiger partial charge in [0.1, 0.15) is 11.5 Å². The molecule has 0 fully saturated rings. The van der Waals surface area contributed by atoms with Crippen molar-refractivity contribution in [2.24, 2.45) is 7.05 Å². The molecule has 0 atom stereocenters.